The summed E-state index contributed by atoms with van der Waals surface area (Å²) < 4.78 is 0. The zero-order chi connectivity index (χ0) is 9.52. The van der Waals surface area contributed by atoms with Gasteiger partial charge < -0.3 is 15.0 Å². The van der Waals surface area contributed by atoms with Crippen LogP contribution in [0.25, 0.3) is 0 Å². The summed E-state index contributed by atoms with van der Waals surface area (Å²) >= 11 is 0. The Kier molecular flexibility index (Phi) is 3.51. The molecule has 1 heterocycles. The largest absolute Gasteiger partial charge is 1.00 e. The van der Waals surface area contributed by atoms with Gasteiger partial charge in [0.05, 0.1) is 5.70 Å². The van der Waals surface area contributed by atoms with E-state index in [1.165, 1.54) is 7.05 Å². The molecule has 1 fully saturated rings. The number of hydrogen-bond acceptors (Lipinski definition) is 4. The van der Waals surface area contributed by atoms with Crippen molar-refractivity contribution in [2.24, 2.45) is 0 Å². The van der Waals surface area contributed by atoms with Gasteiger partial charge >= 0.3 is 35.6 Å². The molecule has 0 aromatic carbocycles. The van der Waals surface area contributed by atoms with E-state index in [1.807, 2.05) is 5.32 Å². The Hall–Kier alpha value is -0.560. The molecule has 2 N–H and O–H groups in total. The number of carbonyl (C=O) groups is 2. The van der Waals surface area contributed by atoms with Crippen LogP contribution in [0.5, 0.6) is 0 Å². The summed E-state index contributed by atoms with van der Waals surface area (Å²) in [5.74, 6) is -1.80. The van der Waals surface area contributed by atoms with Crippen LogP contribution >= 0.6 is 0 Å². The van der Waals surface area contributed by atoms with E-state index in [0.717, 1.165) is 4.90 Å². The van der Waals surface area contributed by atoms with Crippen molar-refractivity contribution in [1.29, 1.82) is 0 Å². The molecule has 0 bridgehead atoms. The minimum Gasteiger partial charge on any atom is -0.544 e. The van der Waals surface area contributed by atoms with E-state index in [-0.39, 0.29) is 35.3 Å². The quantitative estimate of drug-likeness (QED) is 0.407. The number of nitrogens with zero attached hydrogens (tertiary/aromatic N) is 1. The third-order valence-electron chi connectivity index (χ3n) is 1.71. The zero-order valence-corrected chi connectivity index (χ0v) is 9.33. The van der Waals surface area contributed by atoms with Gasteiger partial charge in [-0.15, -0.1) is 0 Å². The smallest absolute Gasteiger partial charge is 0.544 e. The summed E-state index contributed by atoms with van der Waals surface area (Å²) in [7, 11) is 1.29. The SMILES string of the molecule is C=C1N(C)C(=O)NC1(O)C(=O)[O-].[Na+]. The number of aliphatic hydroxyl groups is 1. The van der Waals surface area contributed by atoms with E-state index < -0.39 is 17.7 Å². The molecule has 1 unspecified atom stereocenters. The van der Waals surface area contributed by atoms with Crippen molar-refractivity contribution in [3.63, 3.8) is 0 Å². The maximum Gasteiger partial charge on any atom is 1.00 e. The standard InChI is InChI=1S/C6H8N2O4.Na/c1-3-6(12,4(9)10)7-5(11)8(3)2;/h12H,1H2,2H3,(H,7,11)(H,9,10);/q;+1/p-1. The first kappa shape index (κ1) is 12.4. The van der Waals surface area contributed by atoms with E-state index in [0.29, 0.717) is 0 Å². The second kappa shape index (κ2) is 3.67. The van der Waals surface area contributed by atoms with Gasteiger partial charge in [-0.2, -0.15) is 0 Å². The van der Waals surface area contributed by atoms with Crippen LogP contribution in [0.2, 0.25) is 0 Å². The number of rotatable bonds is 1. The molecule has 1 rings (SSSR count). The Morgan fingerprint density at radius 3 is 2.38 bits per heavy atom. The van der Waals surface area contributed by atoms with Crippen molar-refractivity contribution in [2.75, 3.05) is 7.05 Å². The predicted molar refractivity (Wildman–Crippen MR) is 35.4 cm³/mol. The van der Waals surface area contributed by atoms with E-state index in [9.17, 15) is 19.8 Å². The number of carboxylic acids is 1. The Labute approximate surface area is 96.5 Å². The molecule has 1 aliphatic heterocycles. The summed E-state index contributed by atoms with van der Waals surface area (Å²) in [6, 6.07) is -0.730. The molecule has 6 nitrogen and oxygen atoms in total. The fourth-order valence-electron chi connectivity index (χ4n) is 0.845. The Balaban J connectivity index is 0.00000144. The minimum absolute atomic E-state index is 0. The van der Waals surface area contributed by atoms with Crippen LogP contribution in [-0.2, 0) is 4.79 Å². The maximum absolute atomic E-state index is 10.8. The fraction of sp³-hybridized carbons (Fsp3) is 0.333. The van der Waals surface area contributed by atoms with Crippen LogP contribution in [0.3, 0.4) is 0 Å². The first-order valence-electron chi connectivity index (χ1n) is 3.08. The summed E-state index contributed by atoms with van der Waals surface area (Å²) in [5.41, 5.74) is -2.72. The predicted octanol–water partition coefficient (Wildman–Crippen LogP) is -5.40. The van der Waals surface area contributed by atoms with Gasteiger partial charge in [-0.1, -0.05) is 6.58 Å². The van der Waals surface area contributed by atoms with Crippen molar-refractivity contribution in [3.8, 4) is 0 Å². The molecule has 1 saturated heterocycles. The number of hydrogen-bond donors (Lipinski definition) is 2. The van der Waals surface area contributed by atoms with Crippen molar-refractivity contribution >= 4 is 12.0 Å². The third-order valence-corrected chi connectivity index (χ3v) is 1.71. The Morgan fingerprint density at radius 2 is 2.23 bits per heavy atom. The van der Waals surface area contributed by atoms with E-state index >= 15 is 0 Å². The Morgan fingerprint density at radius 1 is 1.77 bits per heavy atom. The summed E-state index contributed by atoms with van der Waals surface area (Å²) in [6.45, 7) is 3.23. The van der Waals surface area contributed by atoms with Gasteiger partial charge in [0.1, 0.15) is 5.97 Å². The normalized spacial score (nSPS) is 26.8. The summed E-state index contributed by atoms with van der Waals surface area (Å²) in [5, 5.41) is 21.4. The molecule has 0 radical (unpaired) electrons. The number of carboxylic acid groups (broad SMARTS) is 1. The molecule has 0 aromatic rings. The molecule has 0 aliphatic carbocycles. The van der Waals surface area contributed by atoms with E-state index in [1.54, 1.807) is 0 Å². The van der Waals surface area contributed by atoms with Gasteiger partial charge in [0, 0.05) is 7.05 Å². The van der Waals surface area contributed by atoms with Crippen LogP contribution in [0, 0.1) is 0 Å². The molecule has 13 heavy (non-hydrogen) atoms. The monoisotopic (exact) mass is 194 g/mol. The van der Waals surface area contributed by atoms with Crippen LogP contribution in [-0.4, -0.2) is 34.8 Å². The first-order valence-corrected chi connectivity index (χ1v) is 3.08. The van der Waals surface area contributed by atoms with Crippen LogP contribution in [0.1, 0.15) is 0 Å². The number of carbonyl (C=O) groups excluding carboxylic acids is 2. The van der Waals surface area contributed by atoms with Crippen LogP contribution < -0.4 is 40.0 Å². The molecule has 1 atom stereocenters. The minimum atomic E-state index is -2.47. The number of likely N-dealkylation sites (N-methyl/N-ethyl adjacent to an activating group) is 1. The van der Waals surface area contributed by atoms with Gasteiger partial charge in [-0.25, -0.2) is 4.79 Å². The van der Waals surface area contributed by atoms with Crippen molar-refractivity contribution in [2.45, 2.75) is 5.72 Å². The molecule has 0 aromatic heterocycles. The first-order chi connectivity index (χ1) is 5.39. The molecular formula is C6H7N2NaO4. The Bertz CT molecular complexity index is 278. The van der Waals surface area contributed by atoms with Crippen molar-refractivity contribution in [1.82, 2.24) is 10.2 Å². The maximum atomic E-state index is 10.8. The van der Waals surface area contributed by atoms with Gasteiger partial charge in [0.25, 0.3) is 0 Å². The molecule has 7 heteroatoms. The van der Waals surface area contributed by atoms with Gasteiger partial charge in [0.15, 0.2) is 0 Å². The molecule has 2 amide bonds. The molecule has 0 saturated carbocycles. The summed E-state index contributed by atoms with van der Waals surface area (Å²) in [4.78, 5) is 22.1. The molecule has 66 valence electrons. The van der Waals surface area contributed by atoms with E-state index in [2.05, 4.69) is 6.58 Å². The third kappa shape index (κ3) is 1.71. The summed E-state index contributed by atoms with van der Waals surface area (Å²) in [6.07, 6.45) is 0. The van der Waals surface area contributed by atoms with Crippen LogP contribution in [0.4, 0.5) is 4.79 Å². The van der Waals surface area contributed by atoms with Crippen molar-refractivity contribution < 1.29 is 49.4 Å². The number of aliphatic carboxylic acids is 1. The molecule has 1 aliphatic rings. The number of amides is 2. The number of nitrogens with one attached hydrogen (secondary N) is 1. The fourth-order valence-corrected chi connectivity index (χ4v) is 0.845. The average molecular weight is 194 g/mol. The van der Waals surface area contributed by atoms with Crippen molar-refractivity contribution in [3.05, 3.63) is 12.3 Å². The van der Waals surface area contributed by atoms with Gasteiger partial charge in [-0.3, -0.25) is 10.2 Å². The molecule has 0 spiro atoms. The zero-order valence-electron chi connectivity index (χ0n) is 7.33. The van der Waals surface area contributed by atoms with Gasteiger partial charge in [0.2, 0.25) is 5.72 Å². The molecular weight excluding hydrogens is 187 g/mol. The second-order valence-corrected chi connectivity index (χ2v) is 2.43. The topological polar surface area (TPSA) is 92.7 Å². The van der Waals surface area contributed by atoms with Crippen LogP contribution in [0.15, 0.2) is 12.3 Å². The van der Waals surface area contributed by atoms with Gasteiger partial charge in [-0.05, 0) is 0 Å². The number of urea groups is 1. The average Bonchev–Trinajstić information content (AvgIpc) is 2.17. The van der Waals surface area contributed by atoms with E-state index in [4.69, 9.17) is 0 Å². The second-order valence-electron chi connectivity index (χ2n) is 2.43.